The van der Waals surface area contributed by atoms with Gasteiger partial charge in [0.25, 0.3) is 0 Å². The molecule has 110 valence electrons. The molecule has 21 heavy (non-hydrogen) atoms. The van der Waals surface area contributed by atoms with Crippen molar-refractivity contribution in [1.82, 2.24) is 5.32 Å². The van der Waals surface area contributed by atoms with E-state index in [1.165, 1.54) is 24.0 Å². The summed E-state index contributed by atoms with van der Waals surface area (Å²) >= 11 is 0. The summed E-state index contributed by atoms with van der Waals surface area (Å²) in [7, 11) is 0. The third-order valence-corrected chi connectivity index (χ3v) is 4.04. The van der Waals surface area contributed by atoms with Crippen LogP contribution in [0.1, 0.15) is 36.9 Å². The van der Waals surface area contributed by atoms with Gasteiger partial charge in [0, 0.05) is 18.2 Å². The fourth-order valence-corrected chi connectivity index (χ4v) is 2.81. The van der Waals surface area contributed by atoms with E-state index >= 15 is 0 Å². The molecule has 0 saturated heterocycles. The van der Waals surface area contributed by atoms with Crippen LogP contribution in [0.15, 0.2) is 54.6 Å². The molecular formula is C19H23NO. The Morgan fingerprint density at radius 2 is 1.76 bits per heavy atom. The van der Waals surface area contributed by atoms with Gasteiger partial charge in [-0.25, -0.2) is 0 Å². The van der Waals surface area contributed by atoms with E-state index in [0.717, 1.165) is 18.2 Å². The first-order valence-electron chi connectivity index (χ1n) is 7.87. The molecule has 1 atom stereocenters. The predicted molar refractivity (Wildman–Crippen MR) is 86.4 cm³/mol. The molecule has 0 aromatic heterocycles. The molecule has 2 nitrogen and oxygen atoms in total. The minimum atomic E-state index is 0.459. The highest BCUT2D eigenvalue weighted by Gasteiger charge is 2.31. The summed E-state index contributed by atoms with van der Waals surface area (Å²) < 4.78 is 5.71. The van der Waals surface area contributed by atoms with Gasteiger partial charge >= 0.3 is 0 Å². The van der Waals surface area contributed by atoms with E-state index in [1.807, 2.05) is 13.0 Å². The molecule has 0 heterocycles. The lowest BCUT2D eigenvalue weighted by Gasteiger charge is -2.20. The minimum Gasteiger partial charge on any atom is -0.494 e. The van der Waals surface area contributed by atoms with E-state index in [4.69, 9.17) is 4.74 Å². The molecule has 1 aliphatic carbocycles. The Balaban J connectivity index is 1.70. The molecule has 0 aliphatic heterocycles. The molecule has 1 N–H and O–H groups in total. The van der Waals surface area contributed by atoms with Gasteiger partial charge in [-0.15, -0.1) is 0 Å². The second-order valence-electron chi connectivity index (χ2n) is 5.65. The summed E-state index contributed by atoms with van der Waals surface area (Å²) in [6.07, 6.45) is 2.67. The van der Waals surface area contributed by atoms with Crippen LogP contribution >= 0.6 is 0 Å². The van der Waals surface area contributed by atoms with E-state index in [-0.39, 0.29) is 0 Å². The Hall–Kier alpha value is -1.80. The van der Waals surface area contributed by atoms with Crippen molar-refractivity contribution < 1.29 is 4.74 Å². The van der Waals surface area contributed by atoms with Gasteiger partial charge in [0.2, 0.25) is 0 Å². The van der Waals surface area contributed by atoms with Gasteiger partial charge < -0.3 is 10.1 Å². The van der Waals surface area contributed by atoms with Crippen LogP contribution in [-0.4, -0.2) is 6.61 Å². The zero-order valence-corrected chi connectivity index (χ0v) is 12.6. The van der Waals surface area contributed by atoms with Crippen LogP contribution in [0.25, 0.3) is 0 Å². The smallest absolute Gasteiger partial charge is 0.123 e. The van der Waals surface area contributed by atoms with Crippen LogP contribution in [0.3, 0.4) is 0 Å². The number of hydrogen-bond donors (Lipinski definition) is 1. The Labute approximate surface area is 127 Å². The fraction of sp³-hybridized carbons (Fsp3) is 0.368. The van der Waals surface area contributed by atoms with Crippen LogP contribution in [0.2, 0.25) is 0 Å². The third-order valence-electron chi connectivity index (χ3n) is 4.04. The highest BCUT2D eigenvalue weighted by Crippen LogP contribution is 2.41. The van der Waals surface area contributed by atoms with Crippen molar-refractivity contribution in [3.05, 3.63) is 65.7 Å². The number of rotatable bonds is 7. The zero-order valence-electron chi connectivity index (χ0n) is 12.6. The van der Waals surface area contributed by atoms with Gasteiger partial charge in [-0.05, 0) is 37.3 Å². The molecule has 1 aliphatic rings. The van der Waals surface area contributed by atoms with E-state index < -0.39 is 0 Å². The molecule has 0 radical (unpaired) electrons. The summed E-state index contributed by atoms with van der Waals surface area (Å²) in [5.41, 5.74) is 2.63. The number of benzene rings is 2. The first-order valence-corrected chi connectivity index (χ1v) is 7.87. The molecule has 0 amide bonds. The zero-order chi connectivity index (χ0) is 14.5. The van der Waals surface area contributed by atoms with Gasteiger partial charge in [0.05, 0.1) is 6.61 Å². The SMILES string of the molecule is CCOc1ccccc1CNC(c1ccccc1)C1CC1. The van der Waals surface area contributed by atoms with Crippen LogP contribution in [0.5, 0.6) is 5.75 Å². The Kier molecular flexibility index (Phi) is 4.56. The molecule has 2 heteroatoms. The Morgan fingerprint density at radius 3 is 2.48 bits per heavy atom. The van der Waals surface area contributed by atoms with E-state index in [0.29, 0.717) is 12.6 Å². The monoisotopic (exact) mass is 281 g/mol. The van der Waals surface area contributed by atoms with Crippen molar-refractivity contribution in [1.29, 1.82) is 0 Å². The largest absolute Gasteiger partial charge is 0.494 e. The quantitative estimate of drug-likeness (QED) is 0.815. The van der Waals surface area contributed by atoms with Gasteiger partial charge in [0.15, 0.2) is 0 Å². The van der Waals surface area contributed by atoms with Crippen molar-refractivity contribution in [3.63, 3.8) is 0 Å². The third kappa shape index (κ3) is 3.64. The molecule has 2 aromatic rings. The van der Waals surface area contributed by atoms with Crippen molar-refractivity contribution in [2.45, 2.75) is 32.4 Å². The van der Waals surface area contributed by atoms with Gasteiger partial charge in [0.1, 0.15) is 5.75 Å². The summed E-state index contributed by atoms with van der Waals surface area (Å²) in [5.74, 6) is 1.78. The number of ether oxygens (including phenoxy) is 1. The second kappa shape index (κ2) is 6.77. The summed E-state index contributed by atoms with van der Waals surface area (Å²) in [4.78, 5) is 0. The molecule has 3 rings (SSSR count). The average molecular weight is 281 g/mol. The maximum Gasteiger partial charge on any atom is 0.123 e. The van der Waals surface area contributed by atoms with E-state index in [1.54, 1.807) is 0 Å². The molecule has 1 fully saturated rings. The first-order chi connectivity index (χ1) is 10.4. The maximum atomic E-state index is 5.71. The minimum absolute atomic E-state index is 0.459. The molecular weight excluding hydrogens is 258 g/mol. The van der Waals surface area contributed by atoms with Crippen molar-refractivity contribution in [2.75, 3.05) is 6.61 Å². The predicted octanol–water partition coefficient (Wildman–Crippen LogP) is 4.33. The second-order valence-corrected chi connectivity index (χ2v) is 5.65. The van der Waals surface area contributed by atoms with E-state index in [2.05, 4.69) is 53.8 Å². The first kappa shape index (κ1) is 14.2. The van der Waals surface area contributed by atoms with Crippen LogP contribution in [0, 0.1) is 5.92 Å². The molecule has 0 bridgehead atoms. The lowest BCUT2D eigenvalue weighted by molar-refractivity contribution is 0.334. The standard InChI is InChI=1S/C19H23NO/c1-2-21-18-11-7-6-10-17(18)14-20-19(16-12-13-16)15-8-4-3-5-9-15/h3-11,16,19-20H,2,12-14H2,1H3. The van der Waals surface area contributed by atoms with Crippen molar-refractivity contribution in [2.24, 2.45) is 5.92 Å². The van der Waals surface area contributed by atoms with Crippen molar-refractivity contribution in [3.8, 4) is 5.75 Å². The Bertz CT molecular complexity index is 563. The number of hydrogen-bond acceptors (Lipinski definition) is 2. The Morgan fingerprint density at radius 1 is 1.05 bits per heavy atom. The molecule has 2 aromatic carbocycles. The molecule has 0 spiro atoms. The topological polar surface area (TPSA) is 21.3 Å². The van der Waals surface area contributed by atoms with Crippen LogP contribution < -0.4 is 10.1 Å². The number of para-hydroxylation sites is 1. The number of nitrogens with one attached hydrogen (secondary N) is 1. The maximum absolute atomic E-state index is 5.71. The average Bonchev–Trinajstić information content (AvgIpc) is 3.35. The molecule has 1 unspecified atom stereocenters. The summed E-state index contributed by atoms with van der Waals surface area (Å²) in [5, 5.41) is 3.73. The van der Waals surface area contributed by atoms with Gasteiger partial charge in [-0.2, -0.15) is 0 Å². The van der Waals surface area contributed by atoms with E-state index in [9.17, 15) is 0 Å². The van der Waals surface area contributed by atoms with Gasteiger partial charge in [-0.3, -0.25) is 0 Å². The highest BCUT2D eigenvalue weighted by molar-refractivity contribution is 5.33. The summed E-state index contributed by atoms with van der Waals surface area (Å²) in [6, 6.07) is 19.6. The summed E-state index contributed by atoms with van der Waals surface area (Å²) in [6.45, 7) is 3.59. The molecule has 1 saturated carbocycles. The lowest BCUT2D eigenvalue weighted by atomic mass is 10.0. The van der Waals surface area contributed by atoms with Crippen LogP contribution in [-0.2, 0) is 6.54 Å². The van der Waals surface area contributed by atoms with Crippen LogP contribution in [0.4, 0.5) is 0 Å². The van der Waals surface area contributed by atoms with Gasteiger partial charge in [-0.1, -0.05) is 48.5 Å². The lowest BCUT2D eigenvalue weighted by Crippen LogP contribution is -2.23. The van der Waals surface area contributed by atoms with Crippen molar-refractivity contribution >= 4 is 0 Å². The normalized spacial score (nSPS) is 15.7. The fourth-order valence-electron chi connectivity index (χ4n) is 2.81. The highest BCUT2D eigenvalue weighted by atomic mass is 16.5.